The molecule has 1 saturated carbocycles. The van der Waals surface area contributed by atoms with E-state index in [4.69, 9.17) is 0 Å². The summed E-state index contributed by atoms with van der Waals surface area (Å²) in [7, 11) is 0. The lowest BCUT2D eigenvalue weighted by atomic mass is 9.75. The number of rotatable bonds is 4. The van der Waals surface area contributed by atoms with Crippen LogP contribution in [-0.4, -0.2) is 32.3 Å². The second-order valence-corrected chi connectivity index (χ2v) is 6.39. The first kappa shape index (κ1) is 15.9. The van der Waals surface area contributed by atoms with E-state index in [0.717, 1.165) is 10.9 Å². The number of carbonyl (C=O) groups excluding carboxylic acids is 1. The number of hydrogen-bond donors (Lipinski definition) is 2. The van der Waals surface area contributed by atoms with Crippen LogP contribution in [0.1, 0.15) is 39.2 Å². The van der Waals surface area contributed by atoms with Gasteiger partial charge in [0.05, 0.1) is 5.52 Å². The number of anilines is 1. The largest absolute Gasteiger partial charge is 0.383 e. The van der Waals surface area contributed by atoms with Crippen LogP contribution in [-0.2, 0) is 4.79 Å². The molecule has 1 amide bonds. The molecule has 1 aliphatic carbocycles. The molecule has 124 valence electrons. The van der Waals surface area contributed by atoms with Gasteiger partial charge in [0.25, 0.3) is 5.91 Å². The molecule has 0 atom stereocenters. The number of nitrogens with one attached hydrogen (secondary N) is 1. The predicted octanol–water partition coefficient (Wildman–Crippen LogP) is 3.11. The lowest BCUT2D eigenvalue weighted by Crippen LogP contribution is -2.59. The molecule has 3 rings (SSSR count). The third-order valence-corrected chi connectivity index (χ3v) is 4.36. The van der Waals surface area contributed by atoms with Crippen molar-refractivity contribution in [2.75, 3.05) is 5.32 Å². The minimum atomic E-state index is -3.80. The Morgan fingerprint density at radius 2 is 2.13 bits per heavy atom. The highest BCUT2D eigenvalue weighted by molar-refractivity contribution is 5.98. The molecular weight excluding hydrogens is 304 g/mol. The van der Waals surface area contributed by atoms with Gasteiger partial charge in [0.1, 0.15) is 5.60 Å². The maximum atomic E-state index is 14.1. The molecule has 1 aromatic heterocycles. The van der Waals surface area contributed by atoms with Crippen molar-refractivity contribution in [3.05, 3.63) is 24.4 Å². The van der Waals surface area contributed by atoms with E-state index >= 15 is 0 Å². The highest BCUT2D eigenvalue weighted by atomic mass is 19.3. The maximum Gasteiger partial charge on any atom is 0.352 e. The zero-order chi connectivity index (χ0) is 16.8. The number of hydrogen-bond acceptors (Lipinski definition) is 3. The van der Waals surface area contributed by atoms with Crippen LogP contribution in [0.3, 0.4) is 0 Å². The third-order valence-electron chi connectivity index (χ3n) is 4.36. The fourth-order valence-electron chi connectivity index (χ4n) is 2.63. The van der Waals surface area contributed by atoms with E-state index in [1.54, 1.807) is 23.0 Å². The van der Waals surface area contributed by atoms with Crippen molar-refractivity contribution in [2.45, 2.75) is 50.7 Å². The Balaban J connectivity index is 1.82. The summed E-state index contributed by atoms with van der Waals surface area (Å²) in [6, 6.07) is 4.97. The normalized spacial score (nSPS) is 17.3. The summed E-state index contributed by atoms with van der Waals surface area (Å²) >= 11 is 0. The summed E-state index contributed by atoms with van der Waals surface area (Å²) in [5.74, 6) is -5.28. The van der Waals surface area contributed by atoms with E-state index in [2.05, 4.69) is 10.4 Å². The van der Waals surface area contributed by atoms with Gasteiger partial charge in [-0.2, -0.15) is 13.9 Å². The van der Waals surface area contributed by atoms with Gasteiger partial charge in [0.2, 0.25) is 0 Å². The fourth-order valence-corrected chi connectivity index (χ4v) is 2.63. The molecule has 5 nitrogen and oxygen atoms in total. The SMILES string of the molecule is CC(C)n1cc2cc(NC(=O)C(F)(F)C3(O)CCC3)ccc2n1. The number of benzene rings is 1. The van der Waals surface area contributed by atoms with Gasteiger partial charge in [0, 0.05) is 23.3 Å². The van der Waals surface area contributed by atoms with Crippen molar-refractivity contribution in [3.8, 4) is 0 Å². The maximum absolute atomic E-state index is 14.1. The van der Waals surface area contributed by atoms with E-state index in [-0.39, 0.29) is 24.6 Å². The van der Waals surface area contributed by atoms with Crippen LogP contribution < -0.4 is 5.32 Å². The summed E-state index contributed by atoms with van der Waals surface area (Å²) in [6.07, 6.45) is 2.17. The van der Waals surface area contributed by atoms with Crippen LogP contribution in [0.15, 0.2) is 24.4 Å². The number of halogens is 2. The zero-order valence-corrected chi connectivity index (χ0v) is 13.0. The van der Waals surface area contributed by atoms with Gasteiger partial charge in [-0.05, 0) is 51.3 Å². The number of aromatic nitrogens is 2. The quantitative estimate of drug-likeness (QED) is 0.908. The summed E-state index contributed by atoms with van der Waals surface area (Å²) in [4.78, 5) is 11.9. The molecule has 2 aromatic rings. The Morgan fingerprint density at radius 1 is 1.43 bits per heavy atom. The van der Waals surface area contributed by atoms with E-state index < -0.39 is 17.4 Å². The Labute approximate surface area is 132 Å². The van der Waals surface area contributed by atoms with Crippen molar-refractivity contribution in [3.63, 3.8) is 0 Å². The molecule has 0 bridgehead atoms. The van der Waals surface area contributed by atoms with Gasteiger partial charge >= 0.3 is 5.92 Å². The lowest BCUT2D eigenvalue weighted by Gasteiger charge is -2.41. The van der Waals surface area contributed by atoms with Gasteiger partial charge in [-0.3, -0.25) is 9.48 Å². The van der Waals surface area contributed by atoms with Gasteiger partial charge in [-0.1, -0.05) is 0 Å². The molecule has 1 aromatic carbocycles. The number of aliphatic hydroxyl groups is 1. The standard InChI is InChI=1S/C16H19F2N3O2/c1-10(2)21-9-11-8-12(4-5-13(11)20-21)19-14(22)16(17,18)15(23)6-3-7-15/h4-5,8-10,23H,3,6-7H2,1-2H3,(H,19,22). The molecule has 7 heteroatoms. The van der Waals surface area contributed by atoms with Gasteiger partial charge < -0.3 is 10.4 Å². The van der Waals surface area contributed by atoms with Crippen LogP contribution >= 0.6 is 0 Å². The average molecular weight is 323 g/mol. The van der Waals surface area contributed by atoms with E-state index in [1.165, 1.54) is 6.07 Å². The monoisotopic (exact) mass is 323 g/mol. The van der Waals surface area contributed by atoms with E-state index in [0.29, 0.717) is 6.42 Å². The van der Waals surface area contributed by atoms with Gasteiger partial charge in [-0.15, -0.1) is 0 Å². The van der Waals surface area contributed by atoms with Crippen molar-refractivity contribution < 1.29 is 18.7 Å². The number of carbonyl (C=O) groups is 1. The molecule has 1 fully saturated rings. The number of alkyl halides is 2. The topological polar surface area (TPSA) is 67.2 Å². The Kier molecular flexibility index (Phi) is 3.63. The van der Waals surface area contributed by atoms with Gasteiger partial charge in [-0.25, -0.2) is 0 Å². The molecule has 0 aliphatic heterocycles. The molecule has 0 radical (unpaired) electrons. The molecule has 0 unspecified atom stereocenters. The first-order chi connectivity index (χ1) is 10.7. The molecule has 1 aliphatic rings. The second kappa shape index (κ2) is 5.26. The predicted molar refractivity (Wildman–Crippen MR) is 82.5 cm³/mol. The molecule has 23 heavy (non-hydrogen) atoms. The first-order valence-corrected chi connectivity index (χ1v) is 7.63. The minimum Gasteiger partial charge on any atom is -0.383 e. The highest BCUT2D eigenvalue weighted by Crippen LogP contribution is 2.44. The van der Waals surface area contributed by atoms with Crippen LogP contribution in [0.25, 0.3) is 10.9 Å². The van der Waals surface area contributed by atoms with Crippen LogP contribution in [0.2, 0.25) is 0 Å². The van der Waals surface area contributed by atoms with Crippen molar-refractivity contribution in [1.82, 2.24) is 9.78 Å². The smallest absolute Gasteiger partial charge is 0.352 e. The number of fused-ring (bicyclic) bond motifs is 1. The lowest BCUT2D eigenvalue weighted by molar-refractivity contribution is -0.212. The zero-order valence-electron chi connectivity index (χ0n) is 13.0. The summed E-state index contributed by atoms with van der Waals surface area (Å²) < 4.78 is 29.9. The first-order valence-electron chi connectivity index (χ1n) is 7.63. The Morgan fingerprint density at radius 3 is 2.70 bits per heavy atom. The number of amides is 1. The minimum absolute atomic E-state index is 0.0619. The summed E-state index contributed by atoms with van der Waals surface area (Å²) in [5, 5.41) is 17.1. The van der Waals surface area contributed by atoms with Crippen molar-refractivity contribution >= 4 is 22.5 Å². The van der Waals surface area contributed by atoms with E-state index in [9.17, 15) is 18.7 Å². The van der Waals surface area contributed by atoms with E-state index in [1.807, 2.05) is 13.8 Å². The average Bonchev–Trinajstić information content (AvgIpc) is 2.87. The van der Waals surface area contributed by atoms with Crippen molar-refractivity contribution in [2.24, 2.45) is 0 Å². The molecule has 0 spiro atoms. The van der Waals surface area contributed by atoms with Gasteiger partial charge in [0.15, 0.2) is 0 Å². The Hall–Kier alpha value is -2.02. The van der Waals surface area contributed by atoms with Crippen molar-refractivity contribution in [1.29, 1.82) is 0 Å². The summed E-state index contributed by atoms with van der Waals surface area (Å²) in [6.45, 7) is 3.96. The fraction of sp³-hybridized carbons (Fsp3) is 0.500. The molecule has 1 heterocycles. The Bertz CT molecular complexity index is 751. The molecule has 0 saturated heterocycles. The van der Waals surface area contributed by atoms with Crippen LogP contribution in [0, 0.1) is 0 Å². The van der Waals surface area contributed by atoms with Crippen LogP contribution in [0.5, 0.6) is 0 Å². The summed E-state index contributed by atoms with van der Waals surface area (Å²) in [5.41, 5.74) is -1.24. The molecular formula is C16H19F2N3O2. The highest BCUT2D eigenvalue weighted by Gasteiger charge is 2.61. The van der Waals surface area contributed by atoms with Crippen LogP contribution in [0.4, 0.5) is 14.5 Å². The molecule has 2 N–H and O–H groups in total. The second-order valence-electron chi connectivity index (χ2n) is 6.39. The third kappa shape index (κ3) is 2.59. The number of nitrogens with zero attached hydrogens (tertiary/aromatic N) is 2.